The Balaban J connectivity index is 1.51. The standard InChI is InChI=1S/C22H18N8/c1-28-12-16(8-25-28)15-5-18-19(10-24-22(18)23-7-15)14-3-4-30-21(6-14)20(11-27-30)17-9-26-29(2)13-17/h3-13H,1-2H3,(H,23,24). The van der Waals surface area contributed by atoms with Gasteiger partial charge in [-0.15, -0.1) is 0 Å². The van der Waals surface area contributed by atoms with Crippen LogP contribution in [0.5, 0.6) is 0 Å². The van der Waals surface area contributed by atoms with Crippen LogP contribution in [0.3, 0.4) is 0 Å². The van der Waals surface area contributed by atoms with Gasteiger partial charge in [0.2, 0.25) is 0 Å². The van der Waals surface area contributed by atoms with Gasteiger partial charge in [0.1, 0.15) is 5.65 Å². The molecule has 6 rings (SSSR count). The summed E-state index contributed by atoms with van der Waals surface area (Å²) in [6, 6.07) is 6.40. The maximum Gasteiger partial charge on any atom is 0.137 e. The summed E-state index contributed by atoms with van der Waals surface area (Å²) in [7, 11) is 3.83. The van der Waals surface area contributed by atoms with Crippen LogP contribution in [0.4, 0.5) is 0 Å². The number of pyridine rings is 2. The summed E-state index contributed by atoms with van der Waals surface area (Å²) in [5.41, 5.74) is 8.28. The Morgan fingerprint density at radius 3 is 2.33 bits per heavy atom. The second-order valence-electron chi connectivity index (χ2n) is 7.43. The van der Waals surface area contributed by atoms with E-state index >= 15 is 0 Å². The Morgan fingerprint density at radius 1 is 0.767 bits per heavy atom. The Morgan fingerprint density at radius 2 is 1.57 bits per heavy atom. The third-order valence-electron chi connectivity index (χ3n) is 5.42. The molecule has 146 valence electrons. The van der Waals surface area contributed by atoms with Gasteiger partial charge in [-0.3, -0.25) is 9.36 Å². The third-order valence-corrected chi connectivity index (χ3v) is 5.42. The summed E-state index contributed by atoms with van der Waals surface area (Å²) < 4.78 is 5.49. The molecule has 1 N–H and O–H groups in total. The fraction of sp³-hybridized carbons (Fsp3) is 0.0909. The minimum atomic E-state index is 0.860. The molecule has 30 heavy (non-hydrogen) atoms. The third kappa shape index (κ3) is 2.54. The van der Waals surface area contributed by atoms with Crippen LogP contribution >= 0.6 is 0 Å². The minimum Gasteiger partial charge on any atom is -0.346 e. The molecule has 0 bridgehead atoms. The summed E-state index contributed by atoms with van der Waals surface area (Å²) in [6.07, 6.45) is 15.5. The number of aromatic amines is 1. The van der Waals surface area contributed by atoms with Gasteiger partial charge < -0.3 is 4.98 Å². The number of H-pyrrole nitrogens is 1. The maximum atomic E-state index is 4.61. The molecule has 0 aliphatic heterocycles. The first-order chi connectivity index (χ1) is 14.7. The van der Waals surface area contributed by atoms with Crippen LogP contribution in [0.1, 0.15) is 0 Å². The number of hydrogen-bond donors (Lipinski definition) is 1. The van der Waals surface area contributed by atoms with Gasteiger partial charge in [-0.1, -0.05) is 0 Å². The maximum absolute atomic E-state index is 4.61. The number of aryl methyl sites for hydroxylation is 2. The SMILES string of the molecule is Cn1cc(-c2cnc3[nH]cc(-c4ccn5ncc(-c6cnn(C)c6)c5c4)c3c2)cn1. The summed E-state index contributed by atoms with van der Waals surface area (Å²) in [6.45, 7) is 0. The molecule has 0 radical (unpaired) electrons. The number of nitrogens with one attached hydrogen (secondary N) is 1. The first kappa shape index (κ1) is 16.7. The summed E-state index contributed by atoms with van der Waals surface area (Å²) in [4.78, 5) is 7.91. The lowest BCUT2D eigenvalue weighted by atomic mass is 10.0. The highest BCUT2D eigenvalue weighted by molar-refractivity contribution is 5.97. The van der Waals surface area contributed by atoms with Gasteiger partial charge in [0, 0.05) is 78.3 Å². The summed E-state index contributed by atoms with van der Waals surface area (Å²) >= 11 is 0. The second kappa shape index (κ2) is 6.15. The van der Waals surface area contributed by atoms with Crippen molar-refractivity contribution >= 4 is 16.6 Å². The topological polar surface area (TPSA) is 81.6 Å². The van der Waals surface area contributed by atoms with Crippen LogP contribution in [-0.4, -0.2) is 39.1 Å². The van der Waals surface area contributed by atoms with Crippen LogP contribution in [0.2, 0.25) is 0 Å². The van der Waals surface area contributed by atoms with E-state index in [-0.39, 0.29) is 0 Å². The van der Waals surface area contributed by atoms with Crippen molar-refractivity contribution in [2.75, 3.05) is 0 Å². The Labute approximate surface area is 171 Å². The molecule has 0 spiro atoms. The average molecular weight is 394 g/mol. The first-order valence-corrected chi connectivity index (χ1v) is 9.59. The molecule has 0 aromatic carbocycles. The number of nitrogens with zero attached hydrogens (tertiary/aromatic N) is 7. The van der Waals surface area contributed by atoms with Crippen molar-refractivity contribution in [2.24, 2.45) is 14.1 Å². The van der Waals surface area contributed by atoms with Crippen molar-refractivity contribution in [3.05, 3.63) is 67.8 Å². The zero-order valence-electron chi connectivity index (χ0n) is 16.5. The number of fused-ring (bicyclic) bond motifs is 2. The van der Waals surface area contributed by atoms with Crippen molar-refractivity contribution < 1.29 is 0 Å². The van der Waals surface area contributed by atoms with Gasteiger partial charge in [0.05, 0.1) is 24.1 Å². The van der Waals surface area contributed by atoms with E-state index in [0.29, 0.717) is 0 Å². The molecular weight excluding hydrogens is 376 g/mol. The molecule has 8 heteroatoms. The van der Waals surface area contributed by atoms with Gasteiger partial charge >= 0.3 is 0 Å². The smallest absolute Gasteiger partial charge is 0.137 e. The molecule has 0 fully saturated rings. The zero-order valence-corrected chi connectivity index (χ0v) is 16.5. The zero-order chi connectivity index (χ0) is 20.2. The quantitative estimate of drug-likeness (QED) is 0.496. The molecule has 0 amide bonds. The molecule has 0 aliphatic carbocycles. The van der Waals surface area contributed by atoms with Gasteiger partial charge in [-0.05, 0) is 23.8 Å². The molecule has 6 aromatic heterocycles. The Kier molecular flexibility index (Phi) is 3.43. The van der Waals surface area contributed by atoms with E-state index < -0.39 is 0 Å². The monoisotopic (exact) mass is 394 g/mol. The highest BCUT2D eigenvalue weighted by Gasteiger charge is 2.13. The molecule has 0 aliphatic rings. The van der Waals surface area contributed by atoms with Crippen molar-refractivity contribution in [3.8, 4) is 33.4 Å². The van der Waals surface area contributed by atoms with Crippen LogP contribution in [0.15, 0.2) is 67.8 Å². The minimum absolute atomic E-state index is 0.860. The molecule has 8 nitrogen and oxygen atoms in total. The van der Waals surface area contributed by atoms with Crippen molar-refractivity contribution in [1.82, 2.24) is 39.1 Å². The normalized spacial score (nSPS) is 11.7. The van der Waals surface area contributed by atoms with Gasteiger partial charge in [0.15, 0.2) is 0 Å². The highest BCUT2D eigenvalue weighted by Crippen LogP contribution is 2.33. The fourth-order valence-electron chi connectivity index (χ4n) is 3.90. The van der Waals surface area contributed by atoms with E-state index in [1.165, 1.54) is 0 Å². The number of aromatic nitrogens is 8. The lowest BCUT2D eigenvalue weighted by Gasteiger charge is -2.04. The van der Waals surface area contributed by atoms with Crippen molar-refractivity contribution in [1.29, 1.82) is 0 Å². The lowest BCUT2D eigenvalue weighted by molar-refractivity contribution is 0.768. The van der Waals surface area contributed by atoms with Crippen LogP contribution < -0.4 is 0 Å². The summed E-state index contributed by atoms with van der Waals surface area (Å²) in [5, 5.41) is 14.1. The predicted molar refractivity (Wildman–Crippen MR) is 115 cm³/mol. The van der Waals surface area contributed by atoms with Crippen molar-refractivity contribution in [2.45, 2.75) is 0 Å². The van der Waals surface area contributed by atoms with Crippen LogP contribution in [-0.2, 0) is 14.1 Å². The predicted octanol–water partition coefficient (Wildman–Crippen LogP) is 3.68. The molecule has 0 saturated carbocycles. The lowest BCUT2D eigenvalue weighted by Crippen LogP contribution is -1.87. The largest absolute Gasteiger partial charge is 0.346 e. The van der Waals surface area contributed by atoms with E-state index in [0.717, 1.165) is 49.9 Å². The van der Waals surface area contributed by atoms with E-state index in [1.54, 1.807) is 9.36 Å². The molecule has 6 heterocycles. The molecule has 6 aromatic rings. The van der Waals surface area contributed by atoms with Crippen LogP contribution in [0, 0.1) is 0 Å². The molecular formula is C22H18N8. The first-order valence-electron chi connectivity index (χ1n) is 9.59. The van der Waals surface area contributed by atoms with Gasteiger partial charge in [-0.2, -0.15) is 15.3 Å². The Hall–Kier alpha value is -4.20. The molecule has 0 unspecified atom stereocenters. The molecule has 0 saturated heterocycles. The number of hydrogen-bond acceptors (Lipinski definition) is 4. The van der Waals surface area contributed by atoms with Crippen molar-refractivity contribution in [3.63, 3.8) is 0 Å². The van der Waals surface area contributed by atoms with Gasteiger partial charge in [-0.25, -0.2) is 9.50 Å². The fourth-order valence-corrected chi connectivity index (χ4v) is 3.90. The number of rotatable bonds is 3. The van der Waals surface area contributed by atoms with E-state index in [2.05, 4.69) is 43.5 Å². The summed E-state index contributed by atoms with van der Waals surface area (Å²) in [5.74, 6) is 0. The van der Waals surface area contributed by atoms with Crippen LogP contribution in [0.25, 0.3) is 49.9 Å². The Bertz CT molecular complexity index is 1530. The molecule has 0 atom stereocenters. The van der Waals surface area contributed by atoms with E-state index in [4.69, 9.17) is 0 Å². The highest BCUT2D eigenvalue weighted by atomic mass is 15.2. The second-order valence-corrected chi connectivity index (χ2v) is 7.43. The average Bonchev–Trinajstić information content (AvgIpc) is 3.52. The van der Waals surface area contributed by atoms with Gasteiger partial charge in [0.25, 0.3) is 0 Å². The van der Waals surface area contributed by atoms with E-state index in [9.17, 15) is 0 Å². The van der Waals surface area contributed by atoms with E-state index in [1.807, 2.05) is 68.2 Å².